The molecule has 64 heavy (non-hydrogen) atoms. The highest BCUT2D eigenvalue weighted by atomic mass is 32.1. The van der Waals surface area contributed by atoms with Gasteiger partial charge in [-0.25, -0.2) is 0 Å². The van der Waals surface area contributed by atoms with E-state index in [0.717, 1.165) is 0 Å². The Morgan fingerprint density at radius 3 is 1.72 bits per heavy atom. The summed E-state index contributed by atoms with van der Waals surface area (Å²) >= 11 is 1.90. The zero-order valence-electron chi connectivity index (χ0n) is 38.4. The molecule has 9 aromatic rings. The largest absolute Gasteiger partial charge is 0.311 e. The Labute approximate surface area is 382 Å². The fourth-order valence-corrected chi connectivity index (χ4v) is 12.5. The van der Waals surface area contributed by atoms with E-state index in [1.807, 2.05) is 11.3 Å². The lowest BCUT2D eigenvalue weighted by Crippen LogP contribution is -2.61. The van der Waals surface area contributed by atoms with E-state index in [2.05, 4.69) is 230 Å². The van der Waals surface area contributed by atoms with E-state index in [-0.39, 0.29) is 23.0 Å². The summed E-state index contributed by atoms with van der Waals surface area (Å²) in [6.45, 7) is 21.2. The highest BCUT2D eigenvalue weighted by Gasteiger charge is 2.45. The molecule has 4 heteroatoms. The van der Waals surface area contributed by atoms with Crippen LogP contribution < -0.4 is 26.2 Å². The molecule has 0 atom stereocenters. The van der Waals surface area contributed by atoms with Crippen molar-refractivity contribution in [3.05, 3.63) is 186 Å². The van der Waals surface area contributed by atoms with Crippen LogP contribution in [0.2, 0.25) is 0 Å². The van der Waals surface area contributed by atoms with E-state index < -0.39 is 0 Å². The third kappa shape index (κ3) is 5.71. The maximum Gasteiger partial charge on any atom is 0.252 e. The number of rotatable bonds is 3. The molecule has 1 aromatic heterocycles. The van der Waals surface area contributed by atoms with Gasteiger partial charge < -0.3 is 9.80 Å². The zero-order valence-corrected chi connectivity index (χ0v) is 39.2. The summed E-state index contributed by atoms with van der Waals surface area (Å²) in [5.41, 5.74) is 23.3. The van der Waals surface area contributed by atoms with Gasteiger partial charge in [-0.15, -0.1) is 11.3 Å². The first-order chi connectivity index (χ1) is 30.7. The van der Waals surface area contributed by atoms with Crippen LogP contribution in [0.25, 0.3) is 42.4 Å². The van der Waals surface area contributed by atoms with Crippen molar-refractivity contribution in [2.24, 2.45) is 0 Å². The van der Waals surface area contributed by atoms with Gasteiger partial charge in [0.05, 0.1) is 0 Å². The van der Waals surface area contributed by atoms with E-state index >= 15 is 0 Å². The lowest BCUT2D eigenvalue weighted by atomic mass is 9.33. The van der Waals surface area contributed by atoms with E-state index in [4.69, 9.17) is 0 Å². The smallest absolute Gasteiger partial charge is 0.252 e. The van der Waals surface area contributed by atoms with Crippen molar-refractivity contribution in [2.45, 2.75) is 78.6 Å². The quantitative estimate of drug-likeness (QED) is 0.164. The second-order valence-corrected chi connectivity index (χ2v) is 22.1. The van der Waals surface area contributed by atoms with Crippen LogP contribution >= 0.6 is 11.3 Å². The van der Waals surface area contributed by atoms with Gasteiger partial charge in [0, 0.05) is 59.7 Å². The molecule has 8 aromatic carbocycles. The molecule has 3 heterocycles. The second kappa shape index (κ2) is 13.6. The van der Waals surface area contributed by atoms with Crippen LogP contribution in [0.1, 0.15) is 83.2 Å². The van der Waals surface area contributed by atoms with Gasteiger partial charge >= 0.3 is 0 Å². The summed E-state index contributed by atoms with van der Waals surface area (Å²) in [6.07, 6.45) is 0. The number of aryl methyl sites for hydroxylation is 1. The summed E-state index contributed by atoms with van der Waals surface area (Å²) in [6, 6.07) is 60.7. The molecule has 0 bridgehead atoms. The third-order valence-corrected chi connectivity index (χ3v) is 15.8. The van der Waals surface area contributed by atoms with Gasteiger partial charge in [-0.05, 0) is 139 Å². The summed E-state index contributed by atoms with van der Waals surface area (Å²) in [7, 11) is 0. The maximum atomic E-state index is 2.59. The molecular formula is C60H53BN2S. The zero-order chi connectivity index (χ0) is 44.0. The summed E-state index contributed by atoms with van der Waals surface area (Å²) in [5.74, 6) is 0. The Hall–Kier alpha value is -6.36. The molecule has 0 unspecified atom stereocenters. The van der Waals surface area contributed by atoms with Gasteiger partial charge in [0.25, 0.3) is 6.71 Å². The molecule has 3 aliphatic rings. The highest BCUT2D eigenvalue weighted by molar-refractivity contribution is 7.26. The normalized spacial score (nSPS) is 14.7. The van der Waals surface area contributed by atoms with Crippen molar-refractivity contribution >= 4 is 88.7 Å². The topological polar surface area (TPSA) is 6.48 Å². The van der Waals surface area contributed by atoms with Crippen LogP contribution in [0.3, 0.4) is 0 Å². The standard InChI is InChI=1S/C60H53BN2S/c1-36-31-53-56-54(32-36)63(41-27-28-44-43-15-10-12-19-47(43)60(8,9)48(44)35-41)52-30-24-39(59(5,6)7)34-50(52)61(56)49-33-38(58(2,3)4)23-29-51(49)62(53)40-25-21-37(22-26-40)42-17-14-18-46-45-16-11-13-20-55(45)64-57(42)46/h10-35H,1-9H3. The van der Waals surface area contributed by atoms with Crippen molar-refractivity contribution in [1.29, 1.82) is 0 Å². The van der Waals surface area contributed by atoms with E-state index in [9.17, 15) is 0 Å². The van der Waals surface area contributed by atoms with Crippen LogP contribution in [0.4, 0.5) is 34.1 Å². The molecular weight excluding hydrogens is 792 g/mol. The summed E-state index contributed by atoms with van der Waals surface area (Å²) in [4.78, 5) is 5.15. The number of anilines is 6. The Bertz CT molecular complexity index is 3410. The average Bonchev–Trinajstić information content (AvgIpc) is 3.77. The van der Waals surface area contributed by atoms with Crippen LogP contribution in [0.5, 0.6) is 0 Å². The number of hydrogen-bond acceptors (Lipinski definition) is 3. The molecule has 2 aliphatic heterocycles. The first kappa shape index (κ1) is 39.3. The van der Waals surface area contributed by atoms with Crippen LogP contribution in [0.15, 0.2) is 158 Å². The van der Waals surface area contributed by atoms with E-state index in [1.165, 1.54) is 121 Å². The van der Waals surface area contributed by atoms with Gasteiger partial charge in [-0.2, -0.15) is 0 Å². The SMILES string of the molecule is Cc1cc2c3c(c1)N(c1ccc4c(c1)C(C)(C)c1ccccc1-4)c1ccc(C(C)(C)C)cc1B3c1cc(C(C)(C)C)ccc1N2c1ccc(-c2cccc3c2sc2ccccc23)cc1. The number of nitrogens with zero attached hydrogens (tertiary/aromatic N) is 2. The van der Waals surface area contributed by atoms with E-state index in [1.54, 1.807) is 0 Å². The predicted molar refractivity (Wildman–Crippen MR) is 278 cm³/mol. The molecule has 0 N–H and O–H groups in total. The number of hydrogen-bond donors (Lipinski definition) is 0. The molecule has 2 nitrogen and oxygen atoms in total. The predicted octanol–water partition coefficient (Wildman–Crippen LogP) is 15.0. The molecule has 1 aliphatic carbocycles. The van der Waals surface area contributed by atoms with Crippen LogP contribution in [-0.2, 0) is 16.2 Å². The van der Waals surface area contributed by atoms with Crippen molar-refractivity contribution in [3.63, 3.8) is 0 Å². The van der Waals surface area contributed by atoms with Gasteiger partial charge in [0.2, 0.25) is 0 Å². The molecule has 0 radical (unpaired) electrons. The Morgan fingerprint density at radius 1 is 0.484 bits per heavy atom. The Morgan fingerprint density at radius 2 is 1.05 bits per heavy atom. The molecule has 0 fully saturated rings. The Balaban J connectivity index is 1.09. The van der Waals surface area contributed by atoms with Gasteiger partial charge in [-0.3, -0.25) is 0 Å². The van der Waals surface area contributed by atoms with E-state index in [0.29, 0.717) is 0 Å². The first-order valence-corrected chi connectivity index (χ1v) is 23.8. The average molecular weight is 845 g/mol. The van der Waals surface area contributed by atoms with Crippen molar-refractivity contribution < 1.29 is 0 Å². The van der Waals surface area contributed by atoms with Gasteiger partial charge in [0.15, 0.2) is 0 Å². The molecule has 0 spiro atoms. The minimum atomic E-state index is -0.112. The van der Waals surface area contributed by atoms with Gasteiger partial charge in [0.1, 0.15) is 0 Å². The molecule has 12 rings (SSSR count). The van der Waals surface area contributed by atoms with Crippen molar-refractivity contribution in [2.75, 3.05) is 9.80 Å². The summed E-state index contributed by atoms with van der Waals surface area (Å²) in [5, 5.41) is 2.66. The highest BCUT2D eigenvalue weighted by Crippen LogP contribution is 2.52. The van der Waals surface area contributed by atoms with Crippen LogP contribution in [0, 0.1) is 6.92 Å². The second-order valence-electron chi connectivity index (χ2n) is 21.1. The third-order valence-electron chi connectivity index (χ3n) is 14.6. The van der Waals surface area contributed by atoms with Gasteiger partial charge in [-0.1, -0.05) is 159 Å². The first-order valence-electron chi connectivity index (χ1n) is 23.0. The fraction of sp³-hybridized carbons (Fsp3) is 0.200. The summed E-state index contributed by atoms with van der Waals surface area (Å²) < 4.78 is 2.68. The van der Waals surface area contributed by atoms with Crippen molar-refractivity contribution in [1.82, 2.24) is 0 Å². The minimum absolute atomic E-state index is 0.0156. The number of fused-ring (bicyclic) bond motifs is 10. The fourth-order valence-electron chi connectivity index (χ4n) is 11.2. The maximum absolute atomic E-state index is 2.59. The molecule has 0 saturated carbocycles. The van der Waals surface area contributed by atoms with Crippen molar-refractivity contribution in [3.8, 4) is 22.3 Å². The molecule has 312 valence electrons. The molecule has 0 amide bonds. The Kier molecular flexibility index (Phi) is 8.33. The molecule has 0 saturated heterocycles. The van der Waals surface area contributed by atoms with Crippen LogP contribution in [-0.4, -0.2) is 6.71 Å². The number of benzene rings is 8. The minimum Gasteiger partial charge on any atom is -0.311 e. The number of thiophene rings is 1. The monoisotopic (exact) mass is 844 g/mol. The lowest BCUT2D eigenvalue weighted by Gasteiger charge is -2.45. The lowest BCUT2D eigenvalue weighted by molar-refractivity contribution is 0.590.